The van der Waals surface area contributed by atoms with Gasteiger partial charge >= 0.3 is 7.60 Å². The molecule has 0 aromatic rings. The highest BCUT2D eigenvalue weighted by Gasteiger charge is 2.39. The summed E-state index contributed by atoms with van der Waals surface area (Å²) in [6.07, 6.45) is -0.361. The van der Waals surface area contributed by atoms with E-state index in [1.807, 2.05) is 0 Å². The second kappa shape index (κ2) is 8.48. The van der Waals surface area contributed by atoms with Gasteiger partial charge in [0.15, 0.2) is 0 Å². The molecule has 2 aliphatic heterocycles. The first-order chi connectivity index (χ1) is 10.8. The van der Waals surface area contributed by atoms with Gasteiger partial charge in [-0.25, -0.2) is 0 Å². The van der Waals surface area contributed by atoms with Crippen LogP contribution in [0.1, 0.15) is 12.8 Å². The number of ether oxygens (including phenoxy) is 4. The Morgan fingerprint density at radius 3 is 2.17 bits per heavy atom. The minimum absolute atomic E-state index is 0.0779. The lowest BCUT2D eigenvalue weighted by Crippen LogP contribution is -2.30. The lowest BCUT2D eigenvalue weighted by atomic mass is 9.96. The summed E-state index contributed by atoms with van der Waals surface area (Å²) in [5, 5.41) is 0. The van der Waals surface area contributed by atoms with Crippen LogP contribution in [0, 0.1) is 0 Å². The monoisotopic (exact) mass is 344 g/mol. The maximum atomic E-state index is 12.6. The molecule has 0 spiro atoms. The van der Waals surface area contributed by atoms with Gasteiger partial charge in [-0.3, -0.25) is 4.57 Å². The second-order valence-corrected chi connectivity index (χ2v) is 7.85. The van der Waals surface area contributed by atoms with Crippen LogP contribution in [0.4, 0.5) is 0 Å². The van der Waals surface area contributed by atoms with Crippen molar-refractivity contribution in [1.29, 1.82) is 0 Å². The molecule has 0 aromatic carbocycles. The predicted molar refractivity (Wildman–Crippen MR) is 85.1 cm³/mol. The maximum absolute atomic E-state index is 12.6. The topological polar surface area (TPSA) is 72.5 Å². The van der Waals surface area contributed by atoms with Crippen LogP contribution in [-0.4, -0.2) is 86.2 Å². The molecule has 2 heterocycles. The highest BCUT2D eigenvalue weighted by atomic mass is 31.2. The molecular weight excluding hydrogens is 321 g/mol. The Kier molecular flexibility index (Phi) is 7.17. The first-order valence-electron chi connectivity index (χ1n) is 7.59. The Balaban J connectivity index is 1.85. The standard InChI is InChI=1S/C13H23B2O7P/c1-17-6-10-9(5-13(15)20-10)22-23(3,16)19-7-11-8(18-2)4-12(14)21-11/h8-13H,4-7H2,1-3H3/t8-,9-,10?,11?,12?,13?,23?/m0/s1. The van der Waals surface area contributed by atoms with Crippen molar-refractivity contribution in [1.82, 2.24) is 0 Å². The molecule has 2 rings (SSSR count). The van der Waals surface area contributed by atoms with Crippen LogP contribution >= 0.6 is 7.60 Å². The zero-order valence-corrected chi connectivity index (χ0v) is 14.6. The quantitative estimate of drug-likeness (QED) is 0.467. The molecule has 2 fully saturated rings. The van der Waals surface area contributed by atoms with Crippen LogP contribution in [0.15, 0.2) is 0 Å². The first kappa shape index (κ1) is 19.4. The first-order valence-corrected chi connectivity index (χ1v) is 9.58. The van der Waals surface area contributed by atoms with E-state index < -0.39 is 25.7 Å². The summed E-state index contributed by atoms with van der Waals surface area (Å²) in [4.78, 5) is 0. The van der Waals surface area contributed by atoms with E-state index >= 15 is 0 Å². The Morgan fingerprint density at radius 2 is 1.61 bits per heavy atom. The number of methoxy groups -OCH3 is 2. The Morgan fingerprint density at radius 1 is 1.04 bits per heavy atom. The molecule has 5 unspecified atom stereocenters. The van der Waals surface area contributed by atoms with Crippen molar-refractivity contribution in [2.24, 2.45) is 0 Å². The summed E-state index contributed by atoms with van der Waals surface area (Å²) < 4.78 is 44.9. The Bertz CT molecular complexity index is 427. The van der Waals surface area contributed by atoms with Gasteiger partial charge in [-0.15, -0.1) is 0 Å². The van der Waals surface area contributed by atoms with E-state index in [4.69, 9.17) is 43.7 Å². The van der Waals surface area contributed by atoms with Gasteiger partial charge in [0.2, 0.25) is 0 Å². The molecule has 7 atom stereocenters. The average molecular weight is 344 g/mol. The summed E-state index contributed by atoms with van der Waals surface area (Å²) in [5.74, 6) is 0. The van der Waals surface area contributed by atoms with E-state index in [1.54, 1.807) is 14.2 Å². The van der Waals surface area contributed by atoms with Gasteiger partial charge in [-0.2, -0.15) is 0 Å². The van der Waals surface area contributed by atoms with Crippen molar-refractivity contribution in [3.05, 3.63) is 0 Å². The molecule has 2 saturated heterocycles. The van der Waals surface area contributed by atoms with Gasteiger partial charge in [-0.05, 0) is 12.8 Å². The van der Waals surface area contributed by atoms with Gasteiger partial charge in [0.25, 0.3) is 0 Å². The summed E-state index contributed by atoms with van der Waals surface area (Å²) in [6.45, 7) is 1.80. The molecule has 0 aliphatic carbocycles. The highest BCUT2D eigenvalue weighted by Crippen LogP contribution is 2.48. The van der Waals surface area contributed by atoms with Gasteiger partial charge in [0, 0.05) is 32.9 Å². The normalized spacial score (nSPS) is 40.3. The lowest BCUT2D eigenvalue weighted by Gasteiger charge is -2.24. The van der Waals surface area contributed by atoms with E-state index in [-0.39, 0.29) is 24.9 Å². The third-order valence-electron chi connectivity index (χ3n) is 3.89. The molecule has 7 nitrogen and oxygen atoms in total. The molecule has 2 aliphatic rings. The zero-order valence-electron chi connectivity index (χ0n) is 13.8. The van der Waals surface area contributed by atoms with Crippen molar-refractivity contribution in [2.75, 3.05) is 34.1 Å². The molecule has 0 bridgehead atoms. The Labute approximate surface area is 140 Å². The third-order valence-corrected chi connectivity index (χ3v) is 5.16. The van der Waals surface area contributed by atoms with E-state index in [0.717, 1.165) is 0 Å². The van der Waals surface area contributed by atoms with Crippen LogP contribution < -0.4 is 0 Å². The third kappa shape index (κ3) is 5.56. The van der Waals surface area contributed by atoms with Crippen LogP contribution in [0.25, 0.3) is 0 Å². The fraction of sp³-hybridized carbons (Fsp3) is 1.00. The molecule has 0 N–H and O–H groups in total. The number of hydrogen-bond acceptors (Lipinski definition) is 7. The molecular formula is C13H23B2O7P. The van der Waals surface area contributed by atoms with Crippen molar-refractivity contribution >= 4 is 23.3 Å². The van der Waals surface area contributed by atoms with E-state index in [2.05, 4.69) is 0 Å². The average Bonchev–Trinajstić information content (AvgIpc) is 2.99. The highest BCUT2D eigenvalue weighted by molar-refractivity contribution is 7.53. The second-order valence-electron chi connectivity index (χ2n) is 5.84. The van der Waals surface area contributed by atoms with Crippen molar-refractivity contribution in [3.63, 3.8) is 0 Å². The van der Waals surface area contributed by atoms with Crippen LogP contribution in [0.3, 0.4) is 0 Å². The summed E-state index contributed by atoms with van der Waals surface area (Å²) in [6, 6.07) is -0.868. The molecule has 128 valence electrons. The lowest BCUT2D eigenvalue weighted by molar-refractivity contribution is -0.0285. The SMILES string of the molecule is [B]C1C[C@H](OC)C(COP(C)(=O)O[C@H]2CC([B])OC2COC)O1. The van der Waals surface area contributed by atoms with Gasteiger partial charge < -0.3 is 28.0 Å². The minimum Gasteiger partial charge on any atom is -0.382 e. The molecule has 0 amide bonds. The summed E-state index contributed by atoms with van der Waals surface area (Å²) >= 11 is 0. The van der Waals surface area contributed by atoms with Crippen molar-refractivity contribution in [2.45, 2.75) is 49.3 Å². The van der Waals surface area contributed by atoms with Crippen molar-refractivity contribution < 1.29 is 32.6 Å². The Hall–Kier alpha value is 0.120. The van der Waals surface area contributed by atoms with Gasteiger partial charge in [0.1, 0.15) is 27.9 Å². The van der Waals surface area contributed by atoms with Gasteiger partial charge in [-0.1, -0.05) is 0 Å². The number of rotatable bonds is 8. The fourth-order valence-corrected chi connectivity index (χ4v) is 3.99. The largest absolute Gasteiger partial charge is 0.382 e. The number of hydrogen-bond donors (Lipinski definition) is 0. The smallest absolute Gasteiger partial charge is 0.328 e. The van der Waals surface area contributed by atoms with Crippen LogP contribution in [0.2, 0.25) is 0 Å². The van der Waals surface area contributed by atoms with E-state index in [0.29, 0.717) is 19.4 Å². The van der Waals surface area contributed by atoms with Crippen LogP contribution in [-0.2, 0) is 32.6 Å². The predicted octanol–water partition coefficient (Wildman–Crippen LogP) is 0.439. The van der Waals surface area contributed by atoms with Crippen molar-refractivity contribution in [3.8, 4) is 0 Å². The minimum atomic E-state index is -3.31. The zero-order chi connectivity index (χ0) is 17.0. The molecule has 23 heavy (non-hydrogen) atoms. The molecule has 0 saturated carbocycles. The maximum Gasteiger partial charge on any atom is 0.328 e. The summed E-state index contributed by atoms with van der Waals surface area (Å²) in [7, 11) is 11.3. The molecule has 10 heteroatoms. The van der Waals surface area contributed by atoms with Gasteiger partial charge in [0.05, 0.1) is 25.4 Å². The van der Waals surface area contributed by atoms with E-state index in [9.17, 15) is 4.57 Å². The fourth-order valence-electron chi connectivity index (χ4n) is 2.80. The molecule has 4 radical (unpaired) electrons. The van der Waals surface area contributed by atoms with E-state index in [1.165, 1.54) is 6.66 Å². The molecule has 0 aromatic heterocycles. The summed E-state index contributed by atoms with van der Waals surface area (Å²) in [5.41, 5.74) is 0. The van der Waals surface area contributed by atoms with Crippen LogP contribution in [0.5, 0.6) is 0 Å².